The monoisotopic (exact) mass is 1820 g/mol. The predicted octanol–water partition coefficient (Wildman–Crippen LogP) is 13.7. The Bertz CT molecular complexity index is 6270. The first-order chi connectivity index (χ1) is 59.5. The second kappa shape index (κ2) is 43.2. The Labute approximate surface area is 739 Å². The fourth-order valence-electron chi connectivity index (χ4n) is 10.8. The van der Waals surface area contributed by atoms with Gasteiger partial charge in [0.05, 0.1) is 96.5 Å². The lowest BCUT2D eigenvalue weighted by atomic mass is 10.2. The van der Waals surface area contributed by atoms with Crippen molar-refractivity contribution in [1.29, 1.82) is 0 Å². The summed E-state index contributed by atoms with van der Waals surface area (Å²) in [6, 6.07) is 51.5. The number of rotatable bonds is 28. The number of para-hydroxylation sites is 6. The summed E-state index contributed by atoms with van der Waals surface area (Å²) in [6.45, 7) is 14.6. The van der Waals surface area contributed by atoms with Crippen molar-refractivity contribution in [3.05, 3.63) is 200 Å². The molecule has 0 aliphatic rings. The van der Waals surface area contributed by atoms with Crippen LogP contribution in [0.1, 0.15) is 62.3 Å². The van der Waals surface area contributed by atoms with Crippen molar-refractivity contribution in [2.45, 2.75) is 106 Å². The number of sulfonamides is 3. The van der Waals surface area contributed by atoms with E-state index in [0.29, 0.717) is 90.3 Å². The second-order valence-electron chi connectivity index (χ2n) is 29.2. The summed E-state index contributed by atoms with van der Waals surface area (Å²) < 4.78 is 129. The van der Waals surface area contributed by atoms with Crippen molar-refractivity contribution < 1.29 is 92.2 Å². The van der Waals surface area contributed by atoms with Gasteiger partial charge in [0, 0.05) is 88.7 Å². The number of anilines is 12. The molecule has 0 aliphatic heterocycles. The molecule has 0 saturated heterocycles. The summed E-state index contributed by atoms with van der Waals surface area (Å²) in [5, 5.41) is 27.6. The highest BCUT2D eigenvalue weighted by molar-refractivity contribution is 7.93. The third-order valence-electron chi connectivity index (χ3n) is 16.9. The molecule has 15 N–H and O–H groups in total. The molecule has 127 heavy (non-hydrogen) atoms. The van der Waals surface area contributed by atoms with E-state index in [1.165, 1.54) is 104 Å². The molecular weight excluding hydrogens is 1720 g/mol. The molecule has 3 atom stereocenters. The van der Waals surface area contributed by atoms with E-state index >= 15 is 0 Å². The minimum absolute atomic E-state index is 0. The van der Waals surface area contributed by atoms with E-state index in [1.807, 2.05) is 6.07 Å². The topological polar surface area (TPSA) is 532 Å². The Kier molecular flexibility index (Phi) is 33.3. The summed E-state index contributed by atoms with van der Waals surface area (Å²) in [5.74, 6) is 1.56. The number of nitrogens with two attached hydrogens (primary N) is 2. The molecule has 0 radical (unpaired) electrons. The first-order valence-corrected chi connectivity index (χ1v) is 42.5. The first kappa shape index (κ1) is 97.9. The lowest BCUT2D eigenvalue weighted by Gasteiger charge is -2.21. The van der Waals surface area contributed by atoms with Crippen LogP contribution in [0.3, 0.4) is 0 Å². The van der Waals surface area contributed by atoms with Gasteiger partial charge < -0.3 is 91.7 Å². The van der Waals surface area contributed by atoms with E-state index in [4.69, 9.17) is 54.5 Å². The highest BCUT2D eigenvalue weighted by atomic mass is 35.5. The van der Waals surface area contributed by atoms with E-state index in [0.717, 1.165) is 0 Å². The predicted molar refractivity (Wildman–Crippen MR) is 487 cm³/mol. The number of aliphatic carboxylic acids is 1. The van der Waals surface area contributed by atoms with E-state index in [1.54, 1.807) is 195 Å². The van der Waals surface area contributed by atoms with Gasteiger partial charge in [-0.15, -0.1) is 12.4 Å². The molecule has 12 aromatic rings. The Morgan fingerprint density at radius 1 is 0.354 bits per heavy atom. The maximum Gasteiger partial charge on any atom is 0.408 e. The van der Waals surface area contributed by atoms with Crippen LogP contribution in [0.2, 0.25) is 0 Å². The number of hydrogen-bond donors (Lipinski definition) is 13. The van der Waals surface area contributed by atoms with Gasteiger partial charge in [0.15, 0.2) is 34.9 Å². The molecule has 9 aromatic carbocycles. The fraction of sp³-hybridized carbons (Fsp3) is 0.235. The Morgan fingerprint density at radius 3 is 0.890 bits per heavy atom. The average Bonchev–Trinajstić information content (AvgIpc) is 0.792. The van der Waals surface area contributed by atoms with Gasteiger partial charge in [-0.3, -0.25) is 28.5 Å². The molecule has 0 bridgehead atoms. The largest absolute Gasteiger partial charge is 0.497 e. The number of methoxy groups -OCH3 is 6. The number of ether oxygens (including phenoxy) is 8. The zero-order chi connectivity index (χ0) is 92.0. The minimum Gasteiger partial charge on any atom is -0.497 e. The molecule has 3 heterocycles. The summed E-state index contributed by atoms with van der Waals surface area (Å²) in [4.78, 5) is 85.0. The summed E-state index contributed by atoms with van der Waals surface area (Å²) in [6.07, 6.45) is -1.48. The highest BCUT2D eigenvalue weighted by Gasteiger charge is 2.28. The lowest BCUT2D eigenvalue weighted by molar-refractivity contribution is -0.139. The number of carbonyl (C=O) groups is 5. The van der Waals surface area contributed by atoms with Gasteiger partial charge in [0.25, 0.3) is 30.1 Å². The van der Waals surface area contributed by atoms with Crippen molar-refractivity contribution in [3.63, 3.8) is 0 Å². The average molecular weight is 1820 g/mol. The summed E-state index contributed by atoms with van der Waals surface area (Å²) >= 11 is 0. The van der Waals surface area contributed by atoms with Crippen molar-refractivity contribution in [1.82, 2.24) is 40.5 Å². The van der Waals surface area contributed by atoms with Crippen molar-refractivity contribution in [3.8, 4) is 34.5 Å². The van der Waals surface area contributed by atoms with E-state index in [2.05, 4.69) is 81.3 Å². The minimum atomic E-state index is -4.22. The number of nitrogens with zero attached hydrogens (tertiary/aromatic N) is 6. The molecule has 0 spiro atoms. The van der Waals surface area contributed by atoms with Crippen molar-refractivity contribution in [2.24, 2.45) is 5.73 Å². The number of fused-ring (bicyclic) bond motifs is 3. The Morgan fingerprint density at radius 2 is 0.622 bits per heavy atom. The highest BCUT2D eigenvalue weighted by Crippen LogP contribution is 2.37. The Hall–Kier alpha value is -14.6. The van der Waals surface area contributed by atoms with Crippen LogP contribution >= 0.6 is 12.4 Å². The van der Waals surface area contributed by atoms with Gasteiger partial charge in [-0.2, -0.15) is 0 Å². The van der Waals surface area contributed by atoms with Gasteiger partial charge in [-0.1, -0.05) is 54.6 Å². The molecule has 672 valence electrons. The van der Waals surface area contributed by atoms with Gasteiger partial charge in [0.2, 0.25) is 11.8 Å². The van der Waals surface area contributed by atoms with Gasteiger partial charge in [-0.05, 0) is 153 Å². The third-order valence-corrected chi connectivity index (χ3v) is 20.9. The molecule has 4 amide bonds. The zero-order valence-electron chi connectivity index (χ0n) is 71.5. The number of halogens is 1. The number of aromatic nitrogens is 6. The van der Waals surface area contributed by atoms with Crippen LogP contribution in [0.4, 0.5) is 78.6 Å². The molecule has 12 rings (SSSR count). The molecule has 0 saturated carbocycles. The van der Waals surface area contributed by atoms with Crippen LogP contribution < -0.4 is 91.3 Å². The number of carboxylic acids is 1. The van der Waals surface area contributed by atoms with Gasteiger partial charge in [-0.25, -0.2) is 64.7 Å². The van der Waals surface area contributed by atoms with Gasteiger partial charge in [0.1, 0.15) is 57.8 Å². The van der Waals surface area contributed by atoms with Gasteiger partial charge >= 0.3 is 18.2 Å². The lowest BCUT2D eigenvalue weighted by Crippen LogP contribution is -2.43. The second-order valence-corrected chi connectivity index (χ2v) is 34.2. The molecule has 0 aliphatic carbocycles. The molecular formula is C85H97ClN18O20S3. The van der Waals surface area contributed by atoms with Crippen LogP contribution in [0.15, 0.2) is 215 Å². The first-order valence-electron chi connectivity index (χ1n) is 38.1. The molecule has 0 unspecified atom stereocenters. The number of nitrogens with one attached hydrogen (secondary N) is 10. The van der Waals surface area contributed by atoms with E-state index in [-0.39, 0.29) is 73.4 Å². The number of benzene rings is 9. The molecule has 3 aromatic heterocycles. The number of alkyl carbamates (subject to hydrolysis) is 2. The van der Waals surface area contributed by atoms with Crippen LogP contribution in [-0.2, 0) is 53.9 Å². The Balaban J connectivity index is 0.000000221. The standard InChI is InChI=1S/C30H34N6O7S.C25H26N6O5S.C22H21N5O4S.C8H15NO4.ClH/c1-18(31-29(38)43-30(2,3)4)28(37)33-19-10-9-11-23(16-19)44(39,40)36-27-26(34-24-12-7-8-13-25(24)35-27)32-20-14-21(41-5)17-22(15-20)42-6;1-15(26)25(32)28-16-7-6-8-20(13-16)37(33,34)31-24-23(29-21-9-4-5-10-22(21)30-24)27-17-11-18(35-2)14-19(12-17)36-3;1-30-16-11-15(12-17(13-16)31-2)24-21-22(26-20-9-4-3-8-19(20)25-21)27-32(28,29)18-7-5-6-14(23)10-18;1-5(6(10)11)9-7(12)13-8(2,3)4;/h7-18H,1-6H3,(H,31,38)(H,32,34)(H,33,37)(H,35,36);4-15H,26H2,1-3H3,(H,27,29)(H,28,32)(H,30,31);3-13H,23H2,1-2H3,(H,24,25)(H,26,27);5H,1-4H3,(H,9,12)(H,10,11);1H/t18-;15-;;5-;/m00.0./s1. The smallest absolute Gasteiger partial charge is 0.408 e. The molecule has 38 nitrogen and oxygen atoms in total. The fourth-order valence-corrected chi connectivity index (χ4v) is 14.0. The zero-order valence-corrected chi connectivity index (χ0v) is 74.7. The normalized spacial score (nSPS) is 11.9. The third kappa shape index (κ3) is 28.8. The maximum atomic E-state index is 13.6. The van der Waals surface area contributed by atoms with Crippen LogP contribution in [-0.4, -0.2) is 162 Å². The summed E-state index contributed by atoms with van der Waals surface area (Å²) in [7, 11) is -3.15. The van der Waals surface area contributed by atoms with Crippen LogP contribution in [0.5, 0.6) is 34.5 Å². The number of nitrogen functional groups attached to an aromatic ring is 1. The van der Waals surface area contributed by atoms with Crippen LogP contribution in [0.25, 0.3) is 33.1 Å². The molecule has 0 fully saturated rings. The number of amides is 4. The van der Waals surface area contributed by atoms with Crippen LogP contribution in [0, 0.1) is 0 Å². The van der Waals surface area contributed by atoms with Crippen molar-refractivity contribution in [2.75, 3.05) is 89.1 Å². The quantitative estimate of drug-likeness (QED) is 0.0203. The summed E-state index contributed by atoms with van der Waals surface area (Å²) in [5.41, 5.74) is 15.6. The number of hydrogen-bond acceptors (Lipinski definition) is 30. The van der Waals surface area contributed by atoms with E-state index in [9.17, 15) is 49.2 Å². The maximum absolute atomic E-state index is 13.6. The number of carboxylic acid groups (broad SMARTS) is 1. The van der Waals surface area contributed by atoms with E-state index < -0.39 is 89.4 Å². The number of carbonyl (C=O) groups excluding carboxylic acids is 4. The molecule has 42 heteroatoms. The SMILES string of the molecule is COc1cc(Nc2nc3ccccc3nc2NS(=O)(=O)c2cccc(N)c2)cc(OC)c1.COc1cc(Nc2nc3ccccc3nc2NS(=O)(=O)c2cccc(NC(=O)[C@H](C)N)c2)cc(OC)c1.COc1cc(Nc2nc3ccccc3nc2NS(=O)(=O)c2cccc(NC(=O)[C@H](C)NC(=O)OC(C)(C)C)c2)cc(OC)c1.C[C@H](NC(=O)OC(C)(C)C)C(=O)O.Cl. The van der Waals surface area contributed by atoms with Crippen molar-refractivity contribution >= 4 is 175 Å².